The van der Waals surface area contributed by atoms with E-state index in [4.69, 9.17) is 10.9 Å². The molecule has 0 aliphatic carbocycles. The summed E-state index contributed by atoms with van der Waals surface area (Å²) < 4.78 is 5.30. The van der Waals surface area contributed by atoms with Gasteiger partial charge in [0.2, 0.25) is 0 Å². The van der Waals surface area contributed by atoms with Gasteiger partial charge in [0.1, 0.15) is 5.76 Å². The van der Waals surface area contributed by atoms with Gasteiger partial charge in [-0.25, -0.2) is 0 Å². The number of rotatable bonds is 5. The smallest absolute Gasteiger partial charge is 0.192 e. The van der Waals surface area contributed by atoms with Crippen molar-refractivity contribution < 1.29 is 4.52 Å². The van der Waals surface area contributed by atoms with E-state index in [0.29, 0.717) is 19.0 Å². The third kappa shape index (κ3) is 5.11. The van der Waals surface area contributed by atoms with Crippen molar-refractivity contribution in [2.75, 3.05) is 13.6 Å². The lowest BCUT2D eigenvalue weighted by Crippen LogP contribution is -2.37. The first-order valence-electron chi connectivity index (χ1n) is 6.11. The second kappa shape index (κ2) is 9.67. The summed E-state index contributed by atoms with van der Waals surface area (Å²) in [5, 5.41) is 10.3. The van der Waals surface area contributed by atoms with Gasteiger partial charge in [-0.15, -0.1) is 30.4 Å². The third-order valence-corrected chi connectivity index (χ3v) is 2.62. The van der Waals surface area contributed by atoms with Crippen LogP contribution in [0.4, 0.5) is 0 Å². The van der Waals surface area contributed by atoms with Crippen molar-refractivity contribution in [1.82, 2.24) is 15.8 Å². The molecule has 0 atom stereocenters. The molecule has 0 radical (unpaired) electrons. The maximum absolute atomic E-state index is 5.30. The van der Waals surface area contributed by atoms with Crippen molar-refractivity contribution in [3.8, 4) is 12.3 Å². The van der Waals surface area contributed by atoms with Crippen molar-refractivity contribution in [2.24, 2.45) is 4.99 Å². The van der Waals surface area contributed by atoms with Gasteiger partial charge in [0.15, 0.2) is 5.96 Å². The predicted octanol–water partition coefficient (Wildman–Crippen LogP) is 1.72. The highest BCUT2D eigenvalue weighted by Gasteiger charge is 2.13. The Balaban J connectivity index is 0.00000324. The highest BCUT2D eigenvalue weighted by atomic mass is 127. The number of aromatic nitrogens is 1. The molecule has 0 saturated heterocycles. The molecule has 0 fully saturated rings. The lowest BCUT2D eigenvalue weighted by molar-refractivity contribution is 0.380. The molecule has 1 aromatic rings. The molecule has 0 aliphatic heterocycles. The van der Waals surface area contributed by atoms with Crippen LogP contribution in [-0.2, 0) is 19.4 Å². The standard InChI is InChI=1S/C13H20N4O.HI/c1-5-8-15-13(14-4)16-9-10-11(6-2)17-18-12(10)7-3;/h1H,6-9H2,2-4H3,(H2,14,15,16);1H. The predicted molar refractivity (Wildman–Crippen MR) is 87.7 cm³/mol. The number of hydrogen-bond acceptors (Lipinski definition) is 3. The Labute approximate surface area is 131 Å². The normalized spacial score (nSPS) is 10.5. The van der Waals surface area contributed by atoms with Crippen molar-refractivity contribution >= 4 is 29.9 Å². The molecule has 0 saturated carbocycles. The molecule has 0 unspecified atom stereocenters. The number of terminal acetylenes is 1. The van der Waals surface area contributed by atoms with Gasteiger partial charge in [-0.2, -0.15) is 0 Å². The fourth-order valence-corrected chi connectivity index (χ4v) is 1.67. The van der Waals surface area contributed by atoms with Crippen LogP contribution in [0.25, 0.3) is 0 Å². The Kier molecular flexibility index (Phi) is 9.04. The van der Waals surface area contributed by atoms with Gasteiger partial charge in [0.25, 0.3) is 0 Å². The van der Waals surface area contributed by atoms with Crippen molar-refractivity contribution in [3.63, 3.8) is 0 Å². The van der Waals surface area contributed by atoms with Crippen LogP contribution in [0.5, 0.6) is 0 Å². The molecule has 0 spiro atoms. The van der Waals surface area contributed by atoms with Gasteiger partial charge in [0, 0.05) is 25.6 Å². The molecule has 1 rings (SSSR count). The summed E-state index contributed by atoms with van der Waals surface area (Å²) in [4.78, 5) is 4.08. The van der Waals surface area contributed by atoms with Crippen molar-refractivity contribution in [1.29, 1.82) is 0 Å². The van der Waals surface area contributed by atoms with Crippen LogP contribution in [0, 0.1) is 12.3 Å². The fraction of sp³-hybridized carbons (Fsp3) is 0.538. The Morgan fingerprint density at radius 1 is 1.37 bits per heavy atom. The van der Waals surface area contributed by atoms with Gasteiger partial charge in [-0.1, -0.05) is 24.9 Å². The molecule has 1 heterocycles. The van der Waals surface area contributed by atoms with Gasteiger partial charge in [-0.3, -0.25) is 4.99 Å². The SMILES string of the molecule is C#CCNC(=NC)NCc1c(CC)noc1CC.I. The van der Waals surface area contributed by atoms with E-state index in [-0.39, 0.29) is 24.0 Å². The second-order valence-electron chi connectivity index (χ2n) is 3.72. The Bertz CT molecular complexity index is 426. The van der Waals surface area contributed by atoms with Crippen molar-refractivity contribution in [2.45, 2.75) is 33.2 Å². The first-order valence-corrected chi connectivity index (χ1v) is 6.11. The van der Waals surface area contributed by atoms with Gasteiger partial charge in [0.05, 0.1) is 12.2 Å². The van der Waals surface area contributed by atoms with Crippen molar-refractivity contribution in [3.05, 3.63) is 17.0 Å². The molecule has 1 aromatic heterocycles. The zero-order chi connectivity index (χ0) is 13.4. The number of hydrogen-bond donors (Lipinski definition) is 2. The number of nitrogens with one attached hydrogen (secondary N) is 2. The molecule has 19 heavy (non-hydrogen) atoms. The first-order chi connectivity index (χ1) is 8.76. The van der Waals surface area contributed by atoms with E-state index in [0.717, 1.165) is 29.9 Å². The minimum Gasteiger partial charge on any atom is -0.361 e. The van der Waals surface area contributed by atoms with Crippen LogP contribution in [0.1, 0.15) is 30.9 Å². The van der Waals surface area contributed by atoms with Crippen LogP contribution < -0.4 is 10.6 Å². The molecule has 2 N–H and O–H groups in total. The molecule has 106 valence electrons. The number of halogens is 1. The van der Waals surface area contributed by atoms with E-state index < -0.39 is 0 Å². The highest BCUT2D eigenvalue weighted by molar-refractivity contribution is 14.0. The largest absolute Gasteiger partial charge is 0.361 e. The quantitative estimate of drug-likeness (QED) is 0.356. The average Bonchev–Trinajstić information content (AvgIpc) is 2.81. The molecule has 0 aromatic carbocycles. The van der Waals surface area contributed by atoms with E-state index in [9.17, 15) is 0 Å². The molecule has 6 heteroatoms. The summed E-state index contributed by atoms with van der Waals surface area (Å²) in [6.07, 6.45) is 6.89. The molecular weight excluding hydrogens is 355 g/mol. The van der Waals surface area contributed by atoms with Crippen LogP contribution in [0.3, 0.4) is 0 Å². The van der Waals surface area contributed by atoms with Gasteiger partial charge >= 0.3 is 0 Å². The van der Waals surface area contributed by atoms with Crippen LogP contribution >= 0.6 is 24.0 Å². The van der Waals surface area contributed by atoms with E-state index in [1.165, 1.54) is 0 Å². The van der Waals surface area contributed by atoms with Crippen LogP contribution in [-0.4, -0.2) is 24.7 Å². The topological polar surface area (TPSA) is 62.5 Å². The number of guanidine groups is 1. The Morgan fingerprint density at radius 2 is 2.11 bits per heavy atom. The average molecular weight is 376 g/mol. The molecule has 0 aliphatic rings. The number of aryl methyl sites for hydroxylation is 2. The van der Waals surface area contributed by atoms with E-state index in [2.05, 4.69) is 40.6 Å². The Hall–Kier alpha value is -1.23. The van der Waals surface area contributed by atoms with Crippen LogP contribution in [0.15, 0.2) is 9.52 Å². The fourth-order valence-electron chi connectivity index (χ4n) is 1.67. The molecule has 5 nitrogen and oxygen atoms in total. The second-order valence-corrected chi connectivity index (χ2v) is 3.72. The molecule has 0 bridgehead atoms. The number of nitrogens with zero attached hydrogens (tertiary/aromatic N) is 2. The maximum Gasteiger partial charge on any atom is 0.192 e. The Morgan fingerprint density at radius 3 is 2.63 bits per heavy atom. The van der Waals surface area contributed by atoms with Gasteiger partial charge < -0.3 is 15.2 Å². The third-order valence-electron chi connectivity index (χ3n) is 2.62. The summed E-state index contributed by atoms with van der Waals surface area (Å²) in [5.41, 5.74) is 2.11. The molecule has 0 amide bonds. The van der Waals surface area contributed by atoms with E-state index >= 15 is 0 Å². The summed E-state index contributed by atoms with van der Waals surface area (Å²) in [6.45, 7) is 5.20. The molecular formula is C13H21IN4O. The minimum atomic E-state index is 0. The summed E-state index contributed by atoms with van der Waals surface area (Å²) >= 11 is 0. The lowest BCUT2D eigenvalue weighted by Gasteiger charge is -2.10. The first kappa shape index (κ1) is 17.8. The summed E-state index contributed by atoms with van der Waals surface area (Å²) in [7, 11) is 1.71. The van der Waals surface area contributed by atoms with E-state index in [1.807, 2.05) is 0 Å². The summed E-state index contributed by atoms with van der Waals surface area (Å²) in [6, 6.07) is 0. The van der Waals surface area contributed by atoms with E-state index in [1.54, 1.807) is 7.05 Å². The minimum absolute atomic E-state index is 0. The zero-order valence-corrected chi connectivity index (χ0v) is 13.9. The maximum atomic E-state index is 5.30. The zero-order valence-electron chi connectivity index (χ0n) is 11.6. The summed E-state index contributed by atoms with van der Waals surface area (Å²) in [5.74, 6) is 4.11. The lowest BCUT2D eigenvalue weighted by atomic mass is 10.1. The van der Waals surface area contributed by atoms with Crippen LogP contribution in [0.2, 0.25) is 0 Å². The number of aliphatic imine (C=N–C) groups is 1. The monoisotopic (exact) mass is 376 g/mol. The highest BCUT2D eigenvalue weighted by Crippen LogP contribution is 2.15. The van der Waals surface area contributed by atoms with Gasteiger partial charge in [-0.05, 0) is 6.42 Å².